The van der Waals surface area contributed by atoms with Gasteiger partial charge in [0.25, 0.3) is 10.0 Å². The molecule has 11 heteroatoms. The average Bonchev–Trinajstić information content (AvgIpc) is 3.02. The number of carbonyl (C=O) groups is 2. The Morgan fingerprint density at radius 2 is 1.55 bits per heavy atom. The molecule has 4 aromatic rings. The first-order chi connectivity index (χ1) is 22.2. The molecule has 0 heterocycles. The highest BCUT2D eigenvalue weighted by Gasteiger charge is 2.36. The summed E-state index contributed by atoms with van der Waals surface area (Å²) >= 11 is 9.82. The van der Waals surface area contributed by atoms with E-state index in [1.807, 2.05) is 82.3 Å². The van der Waals surface area contributed by atoms with Gasteiger partial charge in [-0.05, 0) is 81.3 Å². The quantitative estimate of drug-likeness (QED) is 0.166. The molecule has 0 aliphatic heterocycles. The number of carbonyl (C=O) groups excluding carboxylic acids is 2. The van der Waals surface area contributed by atoms with Crippen LogP contribution in [0.1, 0.15) is 37.5 Å². The minimum absolute atomic E-state index is 0.0105. The molecule has 8 nitrogen and oxygen atoms in total. The number of halogens is 2. The molecule has 1 N–H and O–H groups in total. The van der Waals surface area contributed by atoms with E-state index in [0.29, 0.717) is 0 Å². The van der Waals surface area contributed by atoms with E-state index >= 15 is 0 Å². The van der Waals surface area contributed by atoms with E-state index in [9.17, 15) is 18.0 Å². The summed E-state index contributed by atoms with van der Waals surface area (Å²) in [6, 6.07) is 26.8. The van der Waals surface area contributed by atoms with Crippen molar-refractivity contribution in [3.63, 3.8) is 0 Å². The Kier molecular flexibility index (Phi) is 11.8. The van der Waals surface area contributed by atoms with Crippen LogP contribution in [-0.2, 0) is 32.6 Å². The summed E-state index contributed by atoms with van der Waals surface area (Å²) < 4.78 is 36.1. The monoisotopic (exact) mass is 739 g/mol. The molecule has 0 aromatic heterocycles. The molecule has 0 unspecified atom stereocenters. The summed E-state index contributed by atoms with van der Waals surface area (Å²) in [7, 11) is -2.91. The van der Waals surface area contributed by atoms with Crippen molar-refractivity contribution >= 4 is 55.1 Å². The van der Waals surface area contributed by atoms with Crippen molar-refractivity contribution in [2.45, 2.75) is 57.1 Å². The Labute approximate surface area is 290 Å². The number of rotatable bonds is 12. The minimum atomic E-state index is -4.32. The van der Waals surface area contributed by atoms with Gasteiger partial charge < -0.3 is 15.0 Å². The Balaban J connectivity index is 1.86. The van der Waals surface area contributed by atoms with Crippen LogP contribution in [0.2, 0.25) is 5.02 Å². The molecule has 0 aliphatic carbocycles. The topological polar surface area (TPSA) is 96.0 Å². The largest absolute Gasteiger partial charge is 0.495 e. The first-order valence-corrected chi connectivity index (χ1v) is 17.6. The molecular weight excluding hydrogens is 702 g/mol. The maximum atomic E-state index is 14.7. The molecule has 0 bridgehead atoms. The van der Waals surface area contributed by atoms with Gasteiger partial charge in [0.05, 0.1) is 17.7 Å². The van der Waals surface area contributed by atoms with Crippen LogP contribution >= 0.6 is 27.5 Å². The molecule has 0 saturated carbocycles. The molecule has 0 spiro atoms. The van der Waals surface area contributed by atoms with Crippen molar-refractivity contribution in [1.82, 2.24) is 10.2 Å². The Morgan fingerprint density at radius 1 is 0.915 bits per heavy atom. The van der Waals surface area contributed by atoms with E-state index in [4.69, 9.17) is 16.3 Å². The third-order valence-corrected chi connectivity index (χ3v) is 9.87. The number of nitrogens with one attached hydrogen (secondary N) is 1. The molecule has 47 heavy (non-hydrogen) atoms. The number of methoxy groups -OCH3 is 1. The zero-order chi connectivity index (χ0) is 34.4. The van der Waals surface area contributed by atoms with Crippen LogP contribution < -0.4 is 14.4 Å². The second kappa shape index (κ2) is 15.4. The smallest absolute Gasteiger partial charge is 0.264 e. The summed E-state index contributed by atoms with van der Waals surface area (Å²) in [5, 5.41) is 3.29. The Hall–Kier alpha value is -3.86. The maximum absolute atomic E-state index is 14.7. The second-order valence-corrected chi connectivity index (χ2v) is 15.4. The van der Waals surface area contributed by atoms with Gasteiger partial charge in [0.15, 0.2) is 0 Å². The lowest BCUT2D eigenvalue weighted by atomic mass is 10.0. The number of ether oxygens (including phenoxy) is 1. The van der Waals surface area contributed by atoms with E-state index in [1.54, 1.807) is 24.3 Å². The number of sulfonamides is 1. The molecule has 0 fully saturated rings. The van der Waals surface area contributed by atoms with E-state index in [-0.39, 0.29) is 40.2 Å². The van der Waals surface area contributed by atoms with E-state index < -0.39 is 34.1 Å². The van der Waals surface area contributed by atoms with Crippen LogP contribution in [0.15, 0.2) is 106 Å². The third-order valence-electron chi connectivity index (χ3n) is 7.33. The number of hydrogen-bond acceptors (Lipinski definition) is 5. The zero-order valence-electron chi connectivity index (χ0n) is 27.0. The van der Waals surface area contributed by atoms with Crippen molar-refractivity contribution in [2.24, 2.45) is 0 Å². The van der Waals surface area contributed by atoms with Gasteiger partial charge in [-0.1, -0.05) is 87.7 Å². The Morgan fingerprint density at radius 3 is 2.15 bits per heavy atom. The standard InChI is InChI=1S/C36H39BrClN3O5S/c1-25-11-18-30(19-12-25)47(44,45)41(31-22-29(38)17-20-33(31)46-5)24-34(42)40(23-27-13-15-28(37)16-14-27)32(35(43)39-36(2,3)4)21-26-9-7-6-8-10-26/h6-20,22,32H,21,23-24H2,1-5H3,(H,39,43)/t32-/m1/s1. The normalized spacial score (nSPS) is 12.2. The van der Waals surface area contributed by atoms with E-state index in [1.165, 1.54) is 30.2 Å². The van der Waals surface area contributed by atoms with Gasteiger partial charge in [-0.15, -0.1) is 0 Å². The van der Waals surface area contributed by atoms with Crippen molar-refractivity contribution in [2.75, 3.05) is 18.0 Å². The van der Waals surface area contributed by atoms with Crippen molar-refractivity contribution in [3.8, 4) is 5.75 Å². The second-order valence-electron chi connectivity index (χ2n) is 12.2. The van der Waals surface area contributed by atoms with E-state index in [2.05, 4.69) is 21.2 Å². The van der Waals surface area contributed by atoms with Gasteiger partial charge in [-0.3, -0.25) is 13.9 Å². The molecule has 0 aliphatic rings. The number of benzene rings is 4. The first-order valence-electron chi connectivity index (χ1n) is 15.0. The lowest BCUT2D eigenvalue weighted by molar-refractivity contribution is -0.140. The Bertz CT molecular complexity index is 1800. The van der Waals surface area contributed by atoms with Crippen molar-refractivity contribution in [3.05, 3.63) is 123 Å². The average molecular weight is 741 g/mol. The number of hydrogen-bond donors (Lipinski definition) is 1. The summed E-state index contributed by atoms with van der Waals surface area (Å²) in [6.07, 6.45) is 0.205. The fraction of sp³-hybridized carbons (Fsp3) is 0.278. The molecule has 4 aromatic carbocycles. The first kappa shape index (κ1) is 36.0. The number of aryl methyl sites for hydroxylation is 1. The van der Waals surface area contributed by atoms with Crippen molar-refractivity contribution in [1.29, 1.82) is 0 Å². The zero-order valence-corrected chi connectivity index (χ0v) is 30.2. The van der Waals surface area contributed by atoms with Gasteiger partial charge in [-0.25, -0.2) is 8.42 Å². The summed E-state index contributed by atoms with van der Waals surface area (Å²) in [6.45, 7) is 6.88. The van der Waals surface area contributed by atoms with Crippen molar-refractivity contribution < 1.29 is 22.7 Å². The lowest BCUT2D eigenvalue weighted by Crippen LogP contribution is -2.56. The van der Waals surface area contributed by atoms with Crippen LogP contribution in [0.3, 0.4) is 0 Å². The molecule has 0 saturated heterocycles. The maximum Gasteiger partial charge on any atom is 0.264 e. The number of nitrogens with zero attached hydrogens (tertiary/aromatic N) is 2. The molecule has 2 amide bonds. The van der Waals surface area contributed by atoms with Gasteiger partial charge in [0.2, 0.25) is 11.8 Å². The fourth-order valence-corrected chi connectivity index (χ4v) is 6.85. The van der Waals surface area contributed by atoms with E-state index in [0.717, 1.165) is 25.5 Å². The minimum Gasteiger partial charge on any atom is -0.495 e. The van der Waals surface area contributed by atoms with Crippen LogP contribution in [0.4, 0.5) is 5.69 Å². The van der Waals surface area contributed by atoms with Crippen LogP contribution in [0, 0.1) is 6.92 Å². The predicted molar refractivity (Wildman–Crippen MR) is 190 cm³/mol. The molecule has 4 rings (SSSR count). The van der Waals surface area contributed by atoms with Crippen LogP contribution in [0.5, 0.6) is 5.75 Å². The number of anilines is 1. The molecule has 1 atom stereocenters. The molecule has 0 radical (unpaired) electrons. The van der Waals surface area contributed by atoms with Gasteiger partial charge >= 0.3 is 0 Å². The highest BCUT2D eigenvalue weighted by molar-refractivity contribution is 9.10. The van der Waals surface area contributed by atoms with Gasteiger partial charge in [0.1, 0.15) is 18.3 Å². The summed E-state index contributed by atoms with van der Waals surface area (Å²) in [5.74, 6) is -0.737. The summed E-state index contributed by atoms with van der Waals surface area (Å²) in [4.78, 5) is 30.1. The molecular formula is C36H39BrClN3O5S. The van der Waals surface area contributed by atoms with Crippen LogP contribution in [0.25, 0.3) is 0 Å². The highest BCUT2D eigenvalue weighted by atomic mass is 79.9. The fourth-order valence-electron chi connectivity index (χ4n) is 5.00. The predicted octanol–water partition coefficient (Wildman–Crippen LogP) is 7.17. The van der Waals surface area contributed by atoms with Gasteiger partial charge in [-0.2, -0.15) is 0 Å². The molecule has 248 valence electrons. The number of amides is 2. The lowest BCUT2D eigenvalue weighted by Gasteiger charge is -2.35. The SMILES string of the molecule is COc1ccc(Cl)cc1N(CC(=O)N(Cc1ccc(Br)cc1)[C@H](Cc1ccccc1)C(=O)NC(C)(C)C)S(=O)(=O)c1ccc(C)cc1. The summed E-state index contributed by atoms with van der Waals surface area (Å²) in [5.41, 5.74) is 1.98. The van der Waals surface area contributed by atoms with Gasteiger partial charge in [0, 0.05) is 28.0 Å². The third kappa shape index (κ3) is 9.59. The highest BCUT2D eigenvalue weighted by Crippen LogP contribution is 2.35. The van der Waals surface area contributed by atoms with Crippen LogP contribution in [-0.4, -0.2) is 50.4 Å².